The highest BCUT2D eigenvalue weighted by molar-refractivity contribution is 6.32. The van der Waals surface area contributed by atoms with E-state index >= 15 is 0 Å². The molecule has 27 heavy (non-hydrogen) atoms. The van der Waals surface area contributed by atoms with Crippen LogP contribution in [-0.2, 0) is 19.1 Å². The number of aryl methyl sites for hydroxylation is 2. The molecule has 2 aliphatic rings. The Morgan fingerprint density at radius 3 is 2.33 bits per heavy atom. The Labute approximate surface area is 161 Å². The topological polar surface area (TPSA) is 114 Å². The molecule has 2 heterocycles. The van der Waals surface area contributed by atoms with E-state index in [1.165, 1.54) is 0 Å². The number of ether oxygens (including phenoxy) is 2. The van der Waals surface area contributed by atoms with Crippen molar-refractivity contribution in [1.29, 1.82) is 0 Å². The van der Waals surface area contributed by atoms with Crippen molar-refractivity contribution in [2.45, 2.75) is 38.9 Å². The third-order valence-electron chi connectivity index (χ3n) is 4.97. The normalized spacial score (nSPS) is 25.9. The van der Waals surface area contributed by atoms with Crippen LogP contribution in [0.1, 0.15) is 24.0 Å². The van der Waals surface area contributed by atoms with E-state index < -0.39 is 41.8 Å². The van der Waals surface area contributed by atoms with Gasteiger partial charge < -0.3 is 14.6 Å². The van der Waals surface area contributed by atoms with Gasteiger partial charge in [-0.3, -0.25) is 25.2 Å². The highest BCUT2D eigenvalue weighted by atomic mass is 35.5. The van der Waals surface area contributed by atoms with Crippen LogP contribution < -0.4 is 15.6 Å². The van der Waals surface area contributed by atoms with Gasteiger partial charge in [0, 0.05) is 5.02 Å². The monoisotopic (exact) mass is 396 g/mol. The van der Waals surface area contributed by atoms with Crippen LogP contribution in [0.15, 0.2) is 12.1 Å². The van der Waals surface area contributed by atoms with Crippen LogP contribution in [0, 0.1) is 25.7 Å². The summed E-state index contributed by atoms with van der Waals surface area (Å²) in [6.07, 6.45) is 0.396. The smallest absolute Gasteiger partial charge is 0.310 e. The number of carboxylic acid groups (broad SMARTS) is 1. The van der Waals surface area contributed by atoms with E-state index in [0.29, 0.717) is 23.6 Å². The Morgan fingerprint density at radius 2 is 1.74 bits per heavy atom. The van der Waals surface area contributed by atoms with Gasteiger partial charge in [-0.2, -0.15) is 0 Å². The summed E-state index contributed by atoms with van der Waals surface area (Å²) >= 11 is 6.09. The highest BCUT2D eigenvalue weighted by Gasteiger charge is 2.55. The van der Waals surface area contributed by atoms with Crippen LogP contribution in [-0.4, -0.2) is 41.7 Å². The zero-order valence-electron chi connectivity index (χ0n) is 15.0. The van der Waals surface area contributed by atoms with Crippen molar-refractivity contribution in [3.63, 3.8) is 0 Å². The number of hydrogen-bond acceptors (Lipinski definition) is 5. The molecule has 146 valence electrons. The van der Waals surface area contributed by atoms with Crippen molar-refractivity contribution in [1.82, 2.24) is 10.9 Å². The number of fused-ring (bicyclic) bond motifs is 2. The summed E-state index contributed by atoms with van der Waals surface area (Å²) in [7, 11) is 0. The third kappa shape index (κ3) is 4.01. The van der Waals surface area contributed by atoms with E-state index in [1.807, 2.05) is 13.8 Å². The van der Waals surface area contributed by atoms with Gasteiger partial charge in [0.05, 0.1) is 24.0 Å². The standard InChI is InChI=1S/C18H21ClN2O6/c1-8-5-10(6-9(2)16(8)19)26-7-13(22)20-21-17(23)14-11-3-4-12(27-11)15(14)18(24)25/h5-6,11-12,14-15H,3-4,7H2,1-2H3,(H,20,22)(H,21,23)(H,24,25)/t11-,12+,14-,15+/m1/s1. The van der Waals surface area contributed by atoms with E-state index in [1.54, 1.807) is 12.1 Å². The van der Waals surface area contributed by atoms with Gasteiger partial charge in [0.1, 0.15) is 5.75 Å². The molecule has 9 heteroatoms. The number of halogens is 1. The van der Waals surface area contributed by atoms with Gasteiger partial charge >= 0.3 is 5.97 Å². The molecule has 0 spiro atoms. The molecule has 2 amide bonds. The zero-order valence-corrected chi connectivity index (χ0v) is 15.7. The summed E-state index contributed by atoms with van der Waals surface area (Å²) in [5, 5.41) is 9.97. The Kier molecular flexibility index (Phi) is 5.57. The molecule has 4 atom stereocenters. The molecule has 2 aliphatic heterocycles. The minimum atomic E-state index is -1.06. The molecule has 1 aromatic rings. The lowest BCUT2D eigenvalue weighted by Crippen LogP contribution is -2.51. The minimum Gasteiger partial charge on any atom is -0.484 e. The summed E-state index contributed by atoms with van der Waals surface area (Å²) < 4.78 is 10.9. The summed E-state index contributed by atoms with van der Waals surface area (Å²) in [5.41, 5.74) is 6.19. The SMILES string of the molecule is Cc1cc(OCC(=O)NNC(=O)[C@H]2[C@@H](C(=O)O)[C@@H]3CC[C@H]2O3)cc(C)c1Cl. The molecule has 0 saturated carbocycles. The first-order chi connectivity index (χ1) is 12.8. The average Bonchev–Trinajstić information content (AvgIpc) is 3.23. The van der Waals surface area contributed by atoms with Crippen LogP contribution in [0.4, 0.5) is 0 Å². The summed E-state index contributed by atoms with van der Waals surface area (Å²) in [6, 6.07) is 3.43. The fourth-order valence-corrected chi connectivity index (χ4v) is 3.82. The van der Waals surface area contributed by atoms with Crippen molar-refractivity contribution in [3.8, 4) is 5.75 Å². The molecular weight excluding hydrogens is 376 g/mol. The van der Waals surface area contributed by atoms with E-state index in [4.69, 9.17) is 21.1 Å². The lowest BCUT2D eigenvalue weighted by atomic mass is 9.79. The predicted octanol–water partition coefficient (Wildman–Crippen LogP) is 1.36. The molecule has 0 aromatic heterocycles. The summed E-state index contributed by atoms with van der Waals surface area (Å²) in [4.78, 5) is 35.7. The number of nitrogens with one attached hydrogen (secondary N) is 2. The fourth-order valence-electron chi connectivity index (χ4n) is 3.71. The molecule has 8 nitrogen and oxygen atoms in total. The van der Waals surface area contributed by atoms with Crippen molar-refractivity contribution in [2.24, 2.45) is 11.8 Å². The highest BCUT2D eigenvalue weighted by Crippen LogP contribution is 2.43. The predicted molar refractivity (Wildman–Crippen MR) is 95.2 cm³/mol. The number of carbonyl (C=O) groups excluding carboxylic acids is 2. The molecule has 3 rings (SSSR count). The third-order valence-corrected chi connectivity index (χ3v) is 5.56. The van der Waals surface area contributed by atoms with Gasteiger partial charge in [0.25, 0.3) is 5.91 Å². The lowest BCUT2D eigenvalue weighted by Gasteiger charge is -2.23. The van der Waals surface area contributed by atoms with Gasteiger partial charge in [0.2, 0.25) is 5.91 Å². The number of aliphatic carboxylic acids is 1. The molecule has 2 bridgehead atoms. The molecule has 0 unspecified atom stereocenters. The molecule has 1 aromatic carbocycles. The maximum Gasteiger partial charge on any atom is 0.310 e. The molecule has 0 aliphatic carbocycles. The van der Waals surface area contributed by atoms with Gasteiger partial charge in [0.15, 0.2) is 6.61 Å². The van der Waals surface area contributed by atoms with Gasteiger partial charge in [-0.05, 0) is 49.9 Å². The van der Waals surface area contributed by atoms with Crippen molar-refractivity contribution in [3.05, 3.63) is 28.3 Å². The van der Waals surface area contributed by atoms with E-state index in [9.17, 15) is 19.5 Å². The van der Waals surface area contributed by atoms with E-state index in [-0.39, 0.29) is 6.61 Å². The van der Waals surface area contributed by atoms with Crippen LogP contribution in [0.2, 0.25) is 5.02 Å². The van der Waals surface area contributed by atoms with Gasteiger partial charge in [-0.25, -0.2) is 0 Å². The number of carboxylic acids is 1. The number of benzene rings is 1. The van der Waals surface area contributed by atoms with Crippen LogP contribution in [0.5, 0.6) is 5.75 Å². The largest absolute Gasteiger partial charge is 0.484 e. The van der Waals surface area contributed by atoms with Crippen LogP contribution in [0.3, 0.4) is 0 Å². The Hall–Kier alpha value is -2.32. The first-order valence-corrected chi connectivity index (χ1v) is 9.02. The number of hydrogen-bond donors (Lipinski definition) is 3. The second kappa shape index (κ2) is 7.74. The molecule has 2 saturated heterocycles. The number of amides is 2. The fraction of sp³-hybridized carbons (Fsp3) is 0.500. The quantitative estimate of drug-likeness (QED) is 0.647. The van der Waals surface area contributed by atoms with Gasteiger partial charge in [-0.15, -0.1) is 0 Å². The molecular formula is C18H21ClN2O6. The number of rotatable bonds is 5. The second-order valence-corrected chi connectivity index (χ2v) is 7.26. The molecule has 0 radical (unpaired) electrons. The number of carbonyl (C=O) groups is 3. The summed E-state index contributed by atoms with van der Waals surface area (Å²) in [5.74, 6) is -3.42. The van der Waals surface area contributed by atoms with Crippen LogP contribution in [0.25, 0.3) is 0 Å². The molecule has 2 fully saturated rings. The second-order valence-electron chi connectivity index (χ2n) is 6.88. The lowest BCUT2D eigenvalue weighted by molar-refractivity contribution is -0.148. The van der Waals surface area contributed by atoms with Gasteiger partial charge in [-0.1, -0.05) is 11.6 Å². The first-order valence-electron chi connectivity index (χ1n) is 8.64. The average molecular weight is 397 g/mol. The zero-order chi connectivity index (χ0) is 19.7. The van der Waals surface area contributed by atoms with Crippen molar-refractivity contribution in [2.75, 3.05) is 6.61 Å². The van der Waals surface area contributed by atoms with Crippen molar-refractivity contribution < 1.29 is 29.0 Å². The Balaban J connectivity index is 1.50. The first kappa shape index (κ1) is 19.4. The number of hydrazine groups is 1. The maximum atomic E-state index is 12.3. The Bertz CT molecular complexity index is 760. The molecule has 3 N–H and O–H groups in total. The van der Waals surface area contributed by atoms with E-state index in [0.717, 1.165) is 11.1 Å². The Morgan fingerprint density at radius 1 is 1.15 bits per heavy atom. The van der Waals surface area contributed by atoms with Crippen LogP contribution >= 0.6 is 11.6 Å². The minimum absolute atomic E-state index is 0.309. The van der Waals surface area contributed by atoms with E-state index in [2.05, 4.69) is 10.9 Å². The summed E-state index contributed by atoms with van der Waals surface area (Å²) in [6.45, 7) is 3.36. The maximum absolute atomic E-state index is 12.3. The van der Waals surface area contributed by atoms with Crippen molar-refractivity contribution >= 4 is 29.4 Å².